The summed E-state index contributed by atoms with van der Waals surface area (Å²) < 4.78 is 0. The highest BCUT2D eigenvalue weighted by Crippen LogP contribution is 2.30. The van der Waals surface area contributed by atoms with Gasteiger partial charge in [0.05, 0.1) is 17.0 Å². The van der Waals surface area contributed by atoms with Crippen LogP contribution >= 0.6 is 11.3 Å². The molecule has 104 valence electrons. The molecule has 1 aromatic rings. The highest BCUT2D eigenvalue weighted by atomic mass is 32.1. The number of aliphatic carboxylic acids is 1. The highest BCUT2D eigenvalue weighted by molar-refractivity contribution is 7.11. The number of hydrogen-bond donors (Lipinski definition) is 2. The smallest absolute Gasteiger partial charge is 0.317 e. The molecule has 7 heteroatoms. The molecule has 19 heavy (non-hydrogen) atoms. The van der Waals surface area contributed by atoms with Gasteiger partial charge < -0.3 is 15.3 Å². The van der Waals surface area contributed by atoms with Crippen molar-refractivity contribution in [2.45, 2.75) is 26.8 Å². The lowest BCUT2D eigenvalue weighted by Gasteiger charge is -2.20. The molecule has 2 amide bonds. The predicted molar refractivity (Wildman–Crippen MR) is 71.0 cm³/mol. The fraction of sp³-hybridized carbons (Fsp3) is 0.583. The second-order valence-corrected chi connectivity index (χ2v) is 6.36. The molecule has 1 unspecified atom stereocenters. The minimum absolute atomic E-state index is 0.212. The van der Waals surface area contributed by atoms with Gasteiger partial charge in [0.25, 0.3) is 0 Å². The van der Waals surface area contributed by atoms with E-state index in [0.717, 1.165) is 9.88 Å². The molecule has 1 saturated heterocycles. The van der Waals surface area contributed by atoms with E-state index in [1.807, 2.05) is 6.92 Å². The van der Waals surface area contributed by atoms with Crippen LogP contribution in [0.1, 0.15) is 23.2 Å². The van der Waals surface area contributed by atoms with Crippen LogP contribution in [0, 0.1) is 12.3 Å². The summed E-state index contributed by atoms with van der Waals surface area (Å²) in [7, 11) is 0. The summed E-state index contributed by atoms with van der Waals surface area (Å²) in [6.45, 7) is 4.76. The molecule has 1 aliphatic heterocycles. The maximum atomic E-state index is 11.9. The highest BCUT2D eigenvalue weighted by Gasteiger charge is 2.42. The molecule has 1 aromatic heterocycles. The molecular formula is C12H17N3O3S. The van der Waals surface area contributed by atoms with Crippen LogP contribution in [0.25, 0.3) is 0 Å². The molecule has 6 nitrogen and oxygen atoms in total. The van der Waals surface area contributed by atoms with E-state index >= 15 is 0 Å². The molecule has 1 aliphatic rings. The first kappa shape index (κ1) is 13.8. The Morgan fingerprint density at radius 1 is 1.63 bits per heavy atom. The second kappa shape index (κ2) is 5.16. The summed E-state index contributed by atoms with van der Waals surface area (Å²) >= 11 is 1.54. The average molecular weight is 283 g/mol. The standard InChI is InChI=1S/C12H17N3O3S/c1-8-13-5-9(19-8)6-14-11(18)15-4-3-12(2,7-15)10(16)17/h5H,3-4,6-7H2,1-2H3,(H,14,18)(H,16,17). The van der Waals surface area contributed by atoms with Crippen molar-refractivity contribution in [1.29, 1.82) is 0 Å². The van der Waals surface area contributed by atoms with Gasteiger partial charge in [-0.15, -0.1) is 11.3 Å². The number of urea groups is 1. The summed E-state index contributed by atoms with van der Waals surface area (Å²) in [5.74, 6) is -0.846. The lowest BCUT2D eigenvalue weighted by molar-refractivity contribution is -0.146. The number of amides is 2. The van der Waals surface area contributed by atoms with E-state index in [1.165, 1.54) is 11.3 Å². The van der Waals surface area contributed by atoms with E-state index in [2.05, 4.69) is 10.3 Å². The van der Waals surface area contributed by atoms with Gasteiger partial charge in [0.1, 0.15) is 0 Å². The molecule has 0 radical (unpaired) electrons. The number of rotatable bonds is 3. The SMILES string of the molecule is Cc1ncc(CNC(=O)N2CCC(C)(C(=O)O)C2)s1. The normalized spacial score (nSPS) is 22.5. The van der Waals surface area contributed by atoms with Gasteiger partial charge in [0.15, 0.2) is 0 Å². The van der Waals surface area contributed by atoms with Crippen LogP contribution in [0.5, 0.6) is 0 Å². The van der Waals surface area contributed by atoms with Gasteiger partial charge in [-0.2, -0.15) is 0 Å². The molecule has 2 N–H and O–H groups in total. The molecule has 2 rings (SSSR count). The molecule has 0 bridgehead atoms. The van der Waals surface area contributed by atoms with E-state index in [9.17, 15) is 9.59 Å². The van der Waals surface area contributed by atoms with Gasteiger partial charge in [0.2, 0.25) is 0 Å². The average Bonchev–Trinajstić information content (AvgIpc) is 2.94. The van der Waals surface area contributed by atoms with Crippen molar-refractivity contribution in [3.63, 3.8) is 0 Å². The number of aromatic nitrogens is 1. The Hall–Kier alpha value is -1.63. The van der Waals surface area contributed by atoms with Crippen molar-refractivity contribution >= 4 is 23.3 Å². The van der Waals surface area contributed by atoms with Crippen molar-refractivity contribution < 1.29 is 14.7 Å². The van der Waals surface area contributed by atoms with Crippen molar-refractivity contribution in [2.75, 3.05) is 13.1 Å². The van der Waals surface area contributed by atoms with E-state index in [-0.39, 0.29) is 12.6 Å². The van der Waals surface area contributed by atoms with Crippen LogP contribution in [0.3, 0.4) is 0 Å². The number of likely N-dealkylation sites (tertiary alicyclic amines) is 1. The summed E-state index contributed by atoms with van der Waals surface area (Å²) in [5, 5.41) is 12.9. The number of aryl methyl sites for hydroxylation is 1. The van der Waals surface area contributed by atoms with Crippen molar-refractivity contribution in [3.8, 4) is 0 Å². The molecule has 1 atom stereocenters. The van der Waals surface area contributed by atoms with Crippen LogP contribution in [0.2, 0.25) is 0 Å². The number of nitrogens with one attached hydrogen (secondary N) is 1. The van der Waals surface area contributed by atoms with Crippen molar-refractivity contribution in [3.05, 3.63) is 16.1 Å². The lowest BCUT2D eigenvalue weighted by atomic mass is 9.90. The molecule has 2 heterocycles. The number of carbonyl (C=O) groups excluding carboxylic acids is 1. The third-order valence-electron chi connectivity index (χ3n) is 3.36. The number of thiazole rings is 1. The largest absolute Gasteiger partial charge is 0.481 e. The van der Waals surface area contributed by atoms with E-state index < -0.39 is 11.4 Å². The van der Waals surface area contributed by atoms with Gasteiger partial charge >= 0.3 is 12.0 Å². The fourth-order valence-corrected chi connectivity index (χ4v) is 2.81. The Labute approximate surface area is 115 Å². The van der Waals surface area contributed by atoms with Crippen molar-refractivity contribution in [2.24, 2.45) is 5.41 Å². The van der Waals surface area contributed by atoms with Gasteiger partial charge in [-0.25, -0.2) is 9.78 Å². The van der Waals surface area contributed by atoms with Gasteiger partial charge in [-0.05, 0) is 20.3 Å². The molecule has 0 spiro atoms. The number of nitrogens with zero attached hydrogens (tertiary/aromatic N) is 2. The van der Waals surface area contributed by atoms with Gasteiger partial charge in [-0.1, -0.05) is 0 Å². The Balaban J connectivity index is 1.86. The van der Waals surface area contributed by atoms with Crippen LogP contribution in [0.4, 0.5) is 4.79 Å². The maximum absolute atomic E-state index is 11.9. The minimum atomic E-state index is -0.846. The third kappa shape index (κ3) is 3.04. The first-order chi connectivity index (χ1) is 8.90. The number of hydrogen-bond acceptors (Lipinski definition) is 4. The van der Waals surface area contributed by atoms with E-state index in [0.29, 0.717) is 19.5 Å². The molecule has 0 aliphatic carbocycles. The topological polar surface area (TPSA) is 82.5 Å². The van der Waals surface area contributed by atoms with E-state index in [1.54, 1.807) is 18.0 Å². The molecule has 0 aromatic carbocycles. The summed E-state index contributed by atoms with van der Waals surface area (Å²) in [4.78, 5) is 29.7. The van der Waals surface area contributed by atoms with Gasteiger partial charge in [0, 0.05) is 24.2 Å². The number of carboxylic acid groups (broad SMARTS) is 1. The summed E-state index contributed by atoms with van der Waals surface area (Å²) in [5.41, 5.74) is -0.821. The monoisotopic (exact) mass is 283 g/mol. The molecule has 0 saturated carbocycles. The zero-order valence-corrected chi connectivity index (χ0v) is 11.8. The van der Waals surface area contributed by atoms with Crippen LogP contribution in [-0.2, 0) is 11.3 Å². The second-order valence-electron chi connectivity index (χ2n) is 5.04. The Kier molecular flexibility index (Phi) is 3.75. The lowest BCUT2D eigenvalue weighted by Crippen LogP contribution is -2.40. The Morgan fingerprint density at radius 2 is 2.37 bits per heavy atom. The first-order valence-corrected chi connectivity index (χ1v) is 6.90. The maximum Gasteiger partial charge on any atom is 0.317 e. The first-order valence-electron chi connectivity index (χ1n) is 6.08. The van der Waals surface area contributed by atoms with Crippen molar-refractivity contribution in [1.82, 2.24) is 15.2 Å². The summed E-state index contributed by atoms with van der Waals surface area (Å²) in [6.07, 6.45) is 2.24. The summed E-state index contributed by atoms with van der Waals surface area (Å²) in [6, 6.07) is -0.212. The minimum Gasteiger partial charge on any atom is -0.481 e. The molecule has 1 fully saturated rings. The quantitative estimate of drug-likeness (QED) is 0.879. The predicted octanol–water partition coefficient (Wildman–Crippen LogP) is 1.46. The van der Waals surface area contributed by atoms with E-state index in [4.69, 9.17) is 5.11 Å². The van der Waals surface area contributed by atoms with Crippen LogP contribution < -0.4 is 5.32 Å². The zero-order valence-electron chi connectivity index (χ0n) is 11.0. The number of carboxylic acids is 1. The Bertz CT molecular complexity index is 502. The fourth-order valence-electron chi connectivity index (χ4n) is 2.07. The molecular weight excluding hydrogens is 266 g/mol. The number of carbonyl (C=O) groups is 2. The van der Waals surface area contributed by atoms with Gasteiger partial charge in [-0.3, -0.25) is 4.79 Å². The third-order valence-corrected chi connectivity index (χ3v) is 4.27. The Morgan fingerprint density at radius 3 is 2.89 bits per heavy atom. The zero-order chi connectivity index (χ0) is 14.0. The van der Waals surface area contributed by atoms with Crippen LogP contribution in [0.15, 0.2) is 6.20 Å². The van der Waals surface area contributed by atoms with Crippen LogP contribution in [-0.4, -0.2) is 40.1 Å².